The molecular formula is C26H25ClN4OS. The van der Waals surface area contributed by atoms with Gasteiger partial charge in [0, 0.05) is 16.9 Å². The summed E-state index contributed by atoms with van der Waals surface area (Å²) in [6.45, 7) is 6.13. The normalized spacial score (nSPS) is 10.9. The van der Waals surface area contributed by atoms with Crippen molar-refractivity contribution in [2.45, 2.75) is 32.3 Å². The van der Waals surface area contributed by atoms with Crippen molar-refractivity contribution in [2.75, 3.05) is 11.1 Å². The zero-order chi connectivity index (χ0) is 23.4. The summed E-state index contributed by atoms with van der Waals surface area (Å²) < 4.78 is 1.95. The maximum atomic E-state index is 12.8. The highest BCUT2D eigenvalue weighted by molar-refractivity contribution is 7.99. The van der Waals surface area contributed by atoms with Gasteiger partial charge in [-0.05, 0) is 55.7 Å². The van der Waals surface area contributed by atoms with Crippen LogP contribution in [0.1, 0.15) is 23.6 Å². The molecule has 4 rings (SSSR count). The first kappa shape index (κ1) is 23.1. The lowest BCUT2D eigenvalue weighted by atomic mass is 10.1. The Balaban J connectivity index is 1.63. The van der Waals surface area contributed by atoms with E-state index in [0.29, 0.717) is 16.0 Å². The molecule has 168 valence electrons. The van der Waals surface area contributed by atoms with Crippen molar-refractivity contribution in [2.24, 2.45) is 0 Å². The quantitative estimate of drug-likeness (QED) is 0.309. The van der Waals surface area contributed by atoms with Crippen molar-refractivity contribution in [3.63, 3.8) is 0 Å². The Morgan fingerprint density at radius 2 is 1.76 bits per heavy atom. The predicted molar refractivity (Wildman–Crippen MR) is 136 cm³/mol. The van der Waals surface area contributed by atoms with Crippen LogP contribution in [0.15, 0.2) is 71.9 Å². The maximum absolute atomic E-state index is 12.8. The van der Waals surface area contributed by atoms with Crippen LogP contribution in [0.3, 0.4) is 0 Å². The van der Waals surface area contributed by atoms with Crippen molar-refractivity contribution in [3.8, 4) is 17.1 Å². The molecule has 0 saturated heterocycles. The maximum Gasteiger partial charge on any atom is 0.234 e. The molecule has 0 radical (unpaired) electrons. The van der Waals surface area contributed by atoms with Crippen LogP contribution in [0.4, 0.5) is 5.69 Å². The number of nitrogens with zero attached hydrogens (tertiary/aromatic N) is 3. The molecular weight excluding hydrogens is 452 g/mol. The second-order valence-electron chi connectivity index (χ2n) is 7.76. The van der Waals surface area contributed by atoms with Gasteiger partial charge < -0.3 is 5.32 Å². The van der Waals surface area contributed by atoms with Crippen LogP contribution < -0.4 is 5.32 Å². The molecule has 33 heavy (non-hydrogen) atoms. The van der Waals surface area contributed by atoms with E-state index in [1.807, 2.05) is 85.1 Å². The number of hydrogen-bond acceptors (Lipinski definition) is 4. The SMILES string of the molecule is CCc1cccc(C)c1NC(=O)CSc1nnc(-c2ccccc2Cl)n1-c1ccc(C)cc1. The number of halogens is 1. The molecule has 0 fully saturated rings. The molecule has 0 aliphatic rings. The van der Waals surface area contributed by atoms with Crippen LogP contribution in [-0.4, -0.2) is 26.4 Å². The molecule has 0 unspecified atom stereocenters. The molecule has 1 heterocycles. The molecule has 3 aromatic carbocycles. The van der Waals surface area contributed by atoms with E-state index in [4.69, 9.17) is 11.6 Å². The molecule has 1 N–H and O–H groups in total. The summed E-state index contributed by atoms with van der Waals surface area (Å²) in [6.07, 6.45) is 0.855. The summed E-state index contributed by atoms with van der Waals surface area (Å²) in [7, 11) is 0. The van der Waals surface area contributed by atoms with Gasteiger partial charge in [-0.3, -0.25) is 9.36 Å². The van der Waals surface area contributed by atoms with Crippen LogP contribution in [0.25, 0.3) is 17.1 Å². The van der Waals surface area contributed by atoms with Gasteiger partial charge in [-0.25, -0.2) is 0 Å². The molecule has 0 spiro atoms. The molecule has 0 aliphatic carbocycles. The lowest BCUT2D eigenvalue weighted by molar-refractivity contribution is -0.113. The van der Waals surface area contributed by atoms with E-state index < -0.39 is 0 Å². The van der Waals surface area contributed by atoms with Gasteiger partial charge in [-0.15, -0.1) is 10.2 Å². The average molecular weight is 477 g/mol. The molecule has 0 aliphatic heterocycles. The number of anilines is 1. The standard InChI is InChI=1S/C26H25ClN4OS/c1-4-19-9-7-8-18(3)24(19)28-23(32)16-33-26-30-29-25(21-10-5-6-11-22(21)27)31(26)20-14-12-17(2)13-15-20/h5-15H,4,16H2,1-3H3,(H,28,32). The Morgan fingerprint density at radius 1 is 1.00 bits per heavy atom. The number of carbonyl (C=O) groups excluding carboxylic acids is 1. The second kappa shape index (κ2) is 10.2. The lowest BCUT2D eigenvalue weighted by Crippen LogP contribution is -2.16. The third-order valence-electron chi connectivity index (χ3n) is 5.38. The Labute approximate surface area is 203 Å². The lowest BCUT2D eigenvalue weighted by Gasteiger charge is -2.13. The third-order valence-corrected chi connectivity index (χ3v) is 6.64. The Kier molecular flexibility index (Phi) is 7.16. The highest BCUT2D eigenvalue weighted by atomic mass is 35.5. The Hall–Kier alpha value is -3.09. The van der Waals surface area contributed by atoms with E-state index in [1.54, 1.807) is 0 Å². The van der Waals surface area contributed by atoms with E-state index in [0.717, 1.165) is 40.0 Å². The van der Waals surface area contributed by atoms with Gasteiger partial charge in [0.25, 0.3) is 0 Å². The van der Waals surface area contributed by atoms with Crippen molar-refractivity contribution >= 4 is 35.0 Å². The van der Waals surface area contributed by atoms with Gasteiger partial charge >= 0.3 is 0 Å². The van der Waals surface area contributed by atoms with Gasteiger partial charge in [0.15, 0.2) is 11.0 Å². The molecule has 5 nitrogen and oxygen atoms in total. The van der Waals surface area contributed by atoms with E-state index >= 15 is 0 Å². The molecule has 1 amide bonds. The first-order valence-corrected chi connectivity index (χ1v) is 12.1. The van der Waals surface area contributed by atoms with Crippen molar-refractivity contribution in [1.82, 2.24) is 14.8 Å². The number of aryl methyl sites for hydroxylation is 3. The summed E-state index contributed by atoms with van der Waals surface area (Å²) in [5.74, 6) is 0.769. The van der Waals surface area contributed by atoms with Crippen molar-refractivity contribution in [1.29, 1.82) is 0 Å². The number of carbonyl (C=O) groups is 1. The van der Waals surface area contributed by atoms with E-state index in [9.17, 15) is 4.79 Å². The number of benzene rings is 3. The van der Waals surface area contributed by atoms with E-state index in [2.05, 4.69) is 22.4 Å². The highest BCUT2D eigenvalue weighted by Crippen LogP contribution is 2.32. The minimum atomic E-state index is -0.0817. The second-order valence-corrected chi connectivity index (χ2v) is 9.11. The molecule has 4 aromatic rings. The third kappa shape index (κ3) is 5.13. The summed E-state index contributed by atoms with van der Waals surface area (Å²) in [4.78, 5) is 12.8. The Morgan fingerprint density at radius 3 is 2.48 bits per heavy atom. The Bertz CT molecular complexity index is 1280. The first-order chi connectivity index (χ1) is 16.0. The van der Waals surface area contributed by atoms with Crippen molar-refractivity contribution in [3.05, 3.63) is 88.4 Å². The van der Waals surface area contributed by atoms with Gasteiger partial charge in [-0.2, -0.15) is 0 Å². The first-order valence-electron chi connectivity index (χ1n) is 10.8. The summed E-state index contributed by atoms with van der Waals surface area (Å²) >= 11 is 7.81. The summed E-state index contributed by atoms with van der Waals surface area (Å²) in [6, 6.07) is 21.7. The van der Waals surface area contributed by atoms with Gasteiger partial charge in [0.1, 0.15) is 0 Å². The predicted octanol–water partition coefficient (Wildman–Crippen LogP) is 6.50. The van der Waals surface area contributed by atoms with Gasteiger partial charge in [-0.1, -0.05) is 78.3 Å². The fraction of sp³-hybridized carbons (Fsp3) is 0.192. The molecule has 7 heteroatoms. The molecule has 0 atom stereocenters. The smallest absolute Gasteiger partial charge is 0.234 e. The van der Waals surface area contributed by atoms with Gasteiger partial charge in [0.2, 0.25) is 5.91 Å². The van der Waals surface area contributed by atoms with Crippen LogP contribution in [-0.2, 0) is 11.2 Å². The number of aromatic nitrogens is 3. The minimum Gasteiger partial charge on any atom is -0.325 e. The van der Waals surface area contributed by atoms with E-state index in [1.165, 1.54) is 11.8 Å². The molecule has 0 bridgehead atoms. The minimum absolute atomic E-state index is 0.0817. The zero-order valence-electron chi connectivity index (χ0n) is 18.8. The number of nitrogens with one attached hydrogen (secondary N) is 1. The van der Waals surface area contributed by atoms with Crippen LogP contribution in [0.2, 0.25) is 5.02 Å². The monoisotopic (exact) mass is 476 g/mol. The average Bonchev–Trinajstić information content (AvgIpc) is 3.23. The fourth-order valence-corrected chi connectivity index (χ4v) is 4.59. The van der Waals surface area contributed by atoms with Crippen LogP contribution >= 0.6 is 23.4 Å². The number of amides is 1. The number of rotatable bonds is 7. The molecule has 0 saturated carbocycles. The van der Waals surface area contributed by atoms with Crippen LogP contribution in [0, 0.1) is 13.8 Å². The van der Waals surface area contributed by atoms with Crippen molar-refractivity contribution < 1.29 is 4.79 Å². The van der Waals surface area contributed by atoms with Crippen LogP contribution in [0.5, 0.6) is 0 Å². The molecule has 1 aromatic heterocycles. The number of hydrogen-bond donors (Lipinski definition) is 1. The van der Waals surface area contributed by atoms with Gasteiger partial charge in [0.05, 0.1) is 10.8 Å². The summed E-state index contributed by atoms with van der Waals surface area (Å²) in [5, 5.41) is 13.1. The highest BCUT2D eigenvalue weighted by Gasteiger charge is 2.19. The summed E-state index contributed by atoms with van der Waals surface area (Å²) in [5.41, 5.74) is 5.92. The number of thioether (sulfide) groups is 1. The number of para-hydroxylation sites is 1. The largest absolute Gasteiger partial charge is 0.325 e. The fourth-order valence-electron chi connectivity index (χ4n) is 3.61. The zero-order valence-corrected chi connectivity index (χ0v) is 20.4. The topological polar surface area (TPSA) is 59.8 Å². The van der Waals surface area contributed by atoms with E-state index in [-0.39, 0.29) is 11.7 Å².